The molecule has 0 aromatic heterocycles. The molecule has 16 heavy (non-hydrogen) atoms. The topological polar surface area (TPSA) is 67.2 Å². The van der Waals surface area contributed by atoms with Crippen molar-refractivity contribution in [1.82, 2.24) is 0 Å². The fourth-order valence-electron chi connectivity index (χ4n) is 1.43. The fourth-order valence-corrected chi connectivity index (χ4v) is 1.43. The summed E-state index contributed by atoms with van der Waals surface area (Å²) in [5, 5.41) is 3.49. The van der Waals surface area contributed by atoms with Crippen LogP contribution < -0.4 is 9.47 Å². The van der Waals surface area contributed by atoms with Gasteiger partial charge in [-0.2, -0.15) is 0 Å². The van der Waals surface area contributed by atoms with E-state index in [0.717, 1.165) is 29.9 Å². The van der Waals surface area contributed by atoms with Crippen LogP contribution in [0.15, 0.2) is 23.3 Å². The van der Waals surface area contributed by atoms with E-state index in [9.17, 15) is 0 Å². The summed E-state index contributed by atoms with van der Waals surface area (Å²) in [5.74, 6) is 1.45. The zero-order valence-corrected chi connectivity index (χ0v) is 9.51. The lowest BCUT2D eigenvalue weighted by Crippen LogP contribution is -1.93. The molecular formula is C11H15N3O2. The minimum Gasteiger partial charge on any atom is -0.493 e. The van der Waals surface area contributed by atoms with Crippen molar-refractivity contribution in [3.63, 3.8) is 0 Å². The second kappa shape index (κ2) is 6.58. The van der Waals surface area contributed by atoms with Gasteiger partial charge in [-0.05, 0) is 36.1 Å². The van der Waals surface area contributed by atoms with E-state index in [1.54, 1.807) is 14.2 Å². The number of azide groups is 1. The third-order valence-electron chi connectivity index (χ3n) is 2.23. The molecule has 86 valence electrons. The van der Waals surface area contributed by atoms with E-state index in [2.05, 4.69) is 10.0 Å². The summed E-state index contributed by atoms with van der Waals surface area (Å²) < 4.78 is 10.3. The van der Waals surface area contributed by atoms with Crippen LogP contribution in [-0.2, 0) is 6.42 Å². The van der Waals surface area contributed by atoms with Crippen LogP contribution in [0.2, 0.25) is 0 Å². The number of ether oxygens (including phenoxy) is 2. The number of methoxy groups -OCH3 is 2. The summed E-state index contributed by atoms with van der Waals surface area (Å²) >= 11 is 0. The third-order valence-corrected chi connectivity index (χ3v) is 2.23. The Morgan fingerprint density at radius 1 is 1.25 bits per heavy atom. The Labute approximate surface area is 94.6 Å². The van der Waals surface area contributed by atoms with Gasteiger partial charge in [0.1, 0.15) is 0 Å². The number of hydrogen-bond acceptors (Lipinski definition) is 3. The first kappa shape index (κ1) is 12.2. The molecule has 1 rings (SSSR count). The maximum absolute atomic E-state index is 8.14. The molecule has 0 aliphatic rings. The summed E-state index contributed by atoms with van der Waals surface area (Å²) in [6, 6.07) is 5.80. The average molecular weight is 221 g/mol. The third kappa shape index (κ3) is 3.37. The van der Waals surface area contributed by atoms with Crippen LogP contribution >= 0.6 is 0 Å². The van der Waals surface area contributed by atoms with Gasteiger partial charge >= 0.3 is 0 Å². The lowest BCUT2D eigenvalue weighted by molar-refractivity contribution is 0.354. The SMILES string of the molecule is COc1ccc(CCCN=[N+]=[N-])cc1OC. The van der Waals surface area contributed by atoms with Crippen molar-refractivity contribution in [2.45, 2.75) is 12.8 Å². The lowest BCUT2D eigenvalue weighted by Gasteiger charge is -2.09. The number of rotatable bonds is 6. The van der Waals surface area contributed by atoms with E-state index >= 15 is 0 Å². The molecule has 0 amide bonds. The van der Waals surface area contributed by atoms with Gasteiger partial charge in [0.2, 0.25) is 0 Å². The molecule has 0 aliphatic carbocycles. The molecule has 1 aromatic carbocycles. The van der Waals surface area contributed by atoms with Crippen LogP contribution in [0, 0.1) is 0 Å². The highest BCUT2D eigenvalue weighted by molar-refractivity contribution is 5.42. The molecule has 0 heterocycles. The fraction of sp³-hybridized carbons (Fsp3) is 0.455. The molecule has 0 unspecified atom stereocenters. The number of aryl methyl sites for hydroxylation is 1. The largest absolute Gasteiger partial charge is 0.493 e. The van der Waals surface area contributed by atoms with Crippen molar-refractivity contribution in [3.05, 3.63) is 34.2 Å². The van der Waals surface area contributed by atoms with Crippen LogP contribution in [-0.4, -0.2) is 20.8 Å². The van der Waals surface area contributed by atoms with Crippen molar-refractivity contribution in [2.24, 2.45) is 5.11 Å². The first-order chi connectivity index (χ1) is 7.81. The summed E-state index contributed by atoms with van der Waals surface area (Å²) in [6.45, 7) is 0.519. The van der Waals surface area contributed by atoms with E-state index < -0.39 is 0 Å². The average Bonchev–Trinajstić information content (AvgIpc) is 2.34. The quantitative estimate of drug-likeness (QED) is 0.321. The van der Waals surface area contributed by atoms with Gasteiger partial charge < -0.3 is 9.47 Å². The highest BCUT2D eigenvalue weighted by Crippen LogP contribution is 2.27. The van der Waals surface area contributed by atoms with Gasteiger partial charge in [-0.25, -0.2) is 0 Å². The van der Waals surface area contributed by atoms with Crippen molar-refractivity contribution < 1.29 is 9.47 Å². The maximum atomic E-state index is 8.14. The molecule has 0 atom stereocenters. The second-order valence-electron chi connectivity index (χ2n) is 3.25. The van der Waals surface area contributed by atoms with Crippen LogP contribution in [0.4, 0.5) is 0 Å². The molecule has 5 heteroatoms. The molecule has 0 radical (unpaired) electrons. The molecule has 0 saturated carbocycles. The second-order valence-corrected chi connectivity index (χ2v) is 3.25. The molecule has 0 bridgehead atoms. The summed E-state index contributed by atoms with van der Waals surface area (Å²) in [4.78, 5) is 2.71. The van der Waals surface area contributed by atoms with E-state index in [-0.39, 0.29) is 0 Å². The Morgan fingerprint density at radius 2 is 2.00 bits per heavy atom. The van der Waals surface area contributed by atoms with Crippen LogP contribution in [0.1, 0.15) is 12.0 Å². The van der Waals surface area contributed by atoms with E-state index in [1.165, 1.54) is 0 Å². The number of benzene rings is 1. The lowest BCUT2D eigenvalue weighted by atomic mass is 10.1. The Balaban J connectivity index is 2.63. The van der Waals surface area contributed by atoms with Crippen molar-refractivity contribution in [2.75, 3.05) is 20.8 Å². The maximum Gasteiger partial charge on any atom is 0.160 e. The predicted octanol–water partition coefficient (Wildman–Crippen LogP) is 2.95. The van der Waals surface area contributed by atoms with Gasteiger partial charge in [-0.1, -0.05) is 11.2 Å². The number of hydrogen-bond donors (Lipinski definition) is 0. The van der Waals surface area contributed by atoms with Gasteiger partial charge in [0, 0.05) is 11.5 Å². The summed E-state index contributed by atoms with van der Waals surface area (Å²) in [5.41, 5.74) is 9.28. The predicted molar refractivity (Wildman–Crippen MR) is 61.9 cm³/mol. The molecule has 0 spiro atoms. The van der Waals surface area contributed by atoms with Gasteiger partial charge in [0.05, 0.1) is 14.2 Å². The Hall–Kier alpha value is -1.87. The summed E-state index contributed by atoms with van der Waals surface area (Å²) in [7, 11) is 3.22. The van der Waals surface area contributed by atoms with E-state index in [4.69, 9.17) is 15.0 Å². The molecule has 0 aliphatic heterocycles. The van der Waals surface area contributed by atoms with E-state index in [0.29, 0.717) is 6.54 Å². The molecule has 0 N–H and O–H groups in total. The van der Waals surface area contributed by atoms with Gasteiger partial charge in [-0.15, -0.1) is 0 Å². The van der Waals surface area contributed by atoms with Crippen molar-refractivity contribution in [3.8, 4) is 11.5 Å². The molecule has 5 nitrogen and oxygen atoms in total. The van der Waals surface area contributed by atoms with Crippen LogP contribution in [0.25, 0.3) is 10.4 Å². The normalized spacial score (nSPS) is 9.38. The first-order valence-electron chi connectivity index (χ1n) is 5.03. The van der Waals surface area contributed by atoms with Gasteiger partial charge in [0.25, 0.3) is 0 Å². The monoisotopic (exact) mass is 221 g/mol. The Bertz CT molecular complexity index is 387. The zero-order valence-electron chi connectivity index (χ0n) is 9.51. The molecule has 0 saturated heterocycles. The number of nitrogens with zero attached hydrogens (tertiary/aromatic N) is 3. The highest BCUT2D eigenvalue weighted by atomic mass is 16.5. The Kier molecular flexibility index (Phi) is 5.02. The standard InChI is InChI=1S/C11H15N3O2/c1-15-10-6-5-9(8-11(10)16-2)4-3-7-13-14-12/h5-6,8H,3-4,7H2,1-2H3. The smallest absolute Gasteiger partial charge is 0.160 e. The minimum absolute atomic E-state index is 0.519. The highest BCUT2D eigenvalue weighted by Gasteiger charge is 2.03. The molecule has 1 aromatic rings. The van der Waals surface area contributed by atoms with Gasteiger partial charge in [0.15, 0.2) is 11.5 Å². The minimum atomic E-state index is 0.519. The first-order valence-corrected chi connectivity index (χ1v) is 5.03. The van der Waals surface area contributed by atoms with Crippen LogP contribution in [0.5, 0.6) is 11.5 Å². The molecule has 0 fully saturated rings. The van der Waals surface area contributed by atoms with E-state index in [1.807, 2.05) is 18.2 Å². The molecular weight excluding hydrogens is 206 g/mol. The zero-order chi connectivity index (χ0) is 11.8. The van der Waals surface area contributed by atoms with Crippen molar-refractivity contribution in [1.29, 1.82) is 0 Å². The van der Waals surface area contributed by atoms with Gasteiger partial charge in [-0.3, -0.25) is 0 Å². The van der Waals surface area contributed by atoms with Crippen molar-refractivity contribution >= 4 is 0 Å². The van der Waals surface area contributed by atoms with Crippen LogP contribution in [0.3, 0.4) is 0 Å². The summed E-state index contributed by atoms with van der Waals surface area (Å²) in [6.07, 6.45) is 1.69. The Morgan fingerprint density at radius 3 is 2.62 bits per heavy atom.